The molecule has 2 fully saturated rings. The van der Waals surface area contributed by atoms with Crippen molar-refractivity contribution in [1.29, 1.82) is 0 Å². The molecule has 3 heterocycles. The number of β-amino-alcohol motifs (C(OH)–C–C–N with tert-alkyl or cyclic N) is 1. The van der Waals surface area contributed by atoms with Gasteiger partial charge in [0.2, 0.25) is 11.9 Å². The zero-order valence-electron chi connectivity index (χ0n) is 13.2. The molecule has 3 N–H and O–H groups in total. The summed E-state index contributed by atoms with van der Waals surface area (Å²) in [6.45, 7) is 4.51. The quantitative estimate of drug-likeness (QED) is 0.701. The Bertz CT molecular complexity index is 510. The number of nitrogens with two attached hydrogens (primary N) is 1. The van der Waals surface area contributed by atoms with Gasteiger partial charge in [-0.25, -0.2) is 9.97 Å². The lowest BCUT2D eigenvalue weighted by molar-refractivity contribution is -0.136. The van der Waals surface area contributed by atoms with Crippen molar-refractivity contribution < 1.29 is 9.90 Å². The Morgan fingerprint density at radius 1 is 1.22 bits per heavy atom. The van der Waals surface area contributed by atoms with E-state index >= 15 is 0 Å². The molecular weight excluding hydrogens is 296 g/mol. The molecule has 2 aliphatic heterocycles. The fourth-order valence-corrected chi connectivity index (χ4v) is 3.17. The number of carbonyl (C=O) groups excluding carboxylic acids is 1. The number of piperidine rings is 1. The topological polar surface area (TPSA) is 98.8 Å². The van der Waals surface area contributed by atoms with Gasteiger partial charge in [0.25, 0.3) is 0 Å². The zero-order chi connectivity index (χ0) is 16.2. The Hall–Kier alpha value is -1.77. The second-order valence-electron chi connectivity index (χ2n) is 6.26. The van der Waals surface area contributed by atoms with Gasteiger partial charge in [-0.3, -0.25) is 9.69 Å². The number of aliphatic hydroxyl groups excluding tert-OH is 1. The molecule has 2 atom stereocenters. The molecule has 1 aromatic rings. The summed E-state index contributed by atoms with van der Waals surface area (Å²) in [5, 5.41) is 9.76. The lowest BCUT2D eigenvalue weighted by Crippen LogP contribution is -2.55. The summed E-state index contributed by atoms with van der Waals surface area (Å²) in [7, 11) is 0. The summed E-state index contributed by atoms with van der Waals surface area (Å²) in [4.78, 5) is 26.8. The van der Waals surface area contributed by atoms with Crippen LogP contribution in [-0.2, 0) is 4.79 Å². The fraction of sp³-hybridized carbons (Fsp3) is 0.667. The average Bonchev–Trinajstić information content (AvgIpc) is 2.55. The molecule has 1 amide bonds. The predicted octanol–water partition coefficient (Wildman–Crippen LogP) is -1.48. The number of amides is 1. The maximum atomic E-state index is 12.4. The maximum absolute atomic E-state index is 12.4. The van der Waals surface area contributed by atoms with Gasteiger partial charge < -0.3 is 20.6 Å². The Morgan fingerprint density at radius 2 is 1.91 bits per heavy atom. The van der Waals surface area contributed by atoms with Gasteiger partial charge in [-0.1, -0.05) is 0 Å². The summed E-state index contributed by atoms with van der Waals surface area (Å²) < 4.78 is 0. The van der Waals surface area contributed by atoms with Crippen LogP contribution in [0.1, 0.15) is 6.42 Å². The largest absolute Gasteiger partial charge is 0.391 e. The molecule has 0 aromatic carbocycles. The highest BCUT2D eigenvalue weighted by Crippen LogP contribution is 2.12. The monoisotopic (exact) mass is 320 g/mol. The third-order valence-electron chi connectivity index (χ3n) is 4.38. The van der Waals surface area contributed by atoms with E-state index in [2.05, 4.69) is 19.8 Å². The van der Waals surface area contributed by atoms with Gasteiger partial charge in [-0.05, 0) is 12.5 Å². The number of carbonyl (C=O) groups is 1. The van der Waals surface area contributed by atoms with E-state index in [-0.39, 0.29) is 11.9 Å². The van der Waals surface area contributed by atoms with E-state index in [1.165, 1.54) is 0 Å². The van der Waals surface area contributed by atoms with E-state index < -0.39 is 6.10 Å². The van der Waals surface area contributed by atoms with Crippen LogP contribution in [0.3, 0.4) is 0 Å². The normalized spacial score (nSPS) is 26.3. The third kappa shape index (κ3) is 4.15. The minimum atomic E-state index is -0.505. The van der Waals surface area contributed by atoms with E-state index in [4.69, 9.17) is 5.73 Å². The van der Waals surface area contributed by atoms with E-state index in [1.54, 1.807) is 23.4 Å². The van der Waals surface area contributed by atoms with Crippen molar-refractivity contribution in [3.63, 3.8) is 0 Å². The number of rotatable bonds is 3. The van der Waals surface area contributed by atoms with Gasteiger partial charge in [0.1, 0.15) is 0 Å². The van der Waals surface area contributed by atoms with Crippen LogP contribution in [0.2, 0.25) is 0 Å². The van der Waals surface area contributed by atoms with Crippen molar-refractivity contribution in [3.8, 4) is 0 Å². The van der Waals surface area contributed by atoms with Gasteiger partial charge in [-0.15, -0.1) is 0 Å². The number of likely N-dealkylation sites (tertiary alicyclic amines) is 1. The first-order valence-corrected chi connectivity index (χ1v) is 8.07. The lowest BCUT2D eigenvalue weighted by atomic mass is 10.0. The van der Waals surface area contributed by atoms with Gasteiger partial charge >= 0.3 is 0 Å². The number of hydrogen-bond acceptors (Lipinski definition) is 7. The molecule has 23 heavy (non-hydrogen) atoms. The molecule has 0 unspecified atom stereocenters. The zero-order valence-corrected chi connectivity index (χ0v) is 13.2. The fourth-order valence-electron chi connectivity index (χ4n) is 3.17. The van der Waals surface area contributed by atoms with Crippen LogP contribution < -0.4 is 10.6 Å². The number of hydrogen-bond donors (Lipinski definition) is 2. The number of anilines is 1. The number of piperazine rings is 1. The van der Waals surface area contributed by atoms with Gasteiger partial charge in [-0.2, -0.15) is 0 Å². The van der Waals surface area contributed by atoms with Crippen molar-refractivity contribution in [2.24, 2.45) is 5.73 Å². The van der Waals surface area contributed by atoms with Gasteiger partial charge in [0.15, 0.2) is 0 Å². The molecule has 8 nitrogen and oxygen atoms in total. The van der Waals surface area contributed by atoms with E-state index in [9.17, 15) is 9.90 Å². The lowest BCUT2D eigenvalue weighted by Gasteiger charge is -2.37. The van der Waals surface area contributed by atoms with Crippen LogP contribution >= 0.6 is 0 Å². The highest BCUT2D eigenvalue weighted by molar-refractivity contribution is 5.78. The Balaban J connectivity index is 1.48. The van der Waals surface area contributed by atoms with Crippen LogP contribution in [-0.4, -0.2) is 88.7 Å². The van der Waals surface area contributed by atoms with Crippen molar-refractivity contribution >= 4 is 11.9 Å². The highest BCUT2D eigenvalue weighted by Gasteiger charge is 2.28. The highest BCUT2D eigenvalue weighted by atomic mass is 16.3. The van der Waals surface area contributed by atoms with Crippen LogP contribution in [0, 0.1) is 0 Å². The average molecular weight is 320 g/mol. The molecule has 2 saturated heterocycles. The van der Waals surface area contributed by atoms with Crippen LogP contribution in [0.4, 0.5) is 5.95 Å². The molecular formula is C15H24N6O2. The molecule has 126 valence electrons. The summed E-state index contributed by atoms with van der Waals surface area (Å²) in [5.74, 6) is 0.784. The second-order valence-corrected chi connectivity index (χ2v) is 6.26. The van der Waals surface area contributed by atoms with E-state index in [1.807, 2.05) is 0 Å². The predicted molar refractivity (Wildman–Crippen MR) is 85.9 cm³/mol. The van der Waals surface area contributed by atoms with Crippen molar-refractivity contribution in [3.05, 3.63) is 18.5 Å². The first-order valence-electron chi connectivity index (χ1n) is 8.07. The SMILES string of the molecule is N[C@H]1C[C@@H](O)CN(C(=O)CN2CCN(c3ncccn3)CC2)C1. The Labute approximate surface area is 135 Å². The van der Waals surface area contributed by atoms with Crippen molar-refractivity contribution in [1.82, 2.24) is 19.8 Å². The number of aliphatic hydroxyl groups is 1. The molecule has 1 aromatic heterocycles. The first kappa shape index (κ1) is 16.1. The van der Waals surface area contributed by atoms with Crippen LogP contribution in [0.25, 0.3) is 0 Å². The molecule has 0 radical (unpaired) electrons. The molecule has 3 rings (SSSR count). The second kappa shape index (κ2) is 7.20. The standard InChI is InChI=1S/C15H24N6O2/c16-12-8-13(22)10-21(9-12)14(23)11-19-4-6-20(7-5-19)15-17-2-1-3-18-15/h1-3,12-13,22H,4-11,16H2/t12-,13+/m0/s1. The Morgan fingerprint density at radius 3 is 2.57 bits per heavy atom. The van der Waals surface area contributed by atoms with Crippen LogP contribution in [0.5, 0.6) is 0 Å². The smallest absolute Gasteiger partial charge is 0.236 e. The number of nitrogens with zero attached hydrogens (tertiary/aromatic N) is 5. The molecule has 0 saturated carbocycles. The van der Waals surface area contributed by atoms with Crippen molar-refractivity contribution in [2.75, 3.05) is 50.7 Å². The van der Waals surface area contributed by atoms with Gasteiger partial charge in [0.05, 0.1) is 12.6 Å². The summed E-state index contributed by atoms with van der Waals surface area (Å²) >= 11 is 0. The number of aromatic nitrogens is 2. The summed E-state index contributed by atoms with van der Waals surface area (Å²) in [6, 6.07) is 1.67. The third-order valence-corrected chi connectivity index (χ3v) is 4.38. The first-order chi connectivity index (χ1) is 11.1. The molecule has 0 aliphatic carbocycles. The summed E-state index contributed by atoms with van der Waals surface area (Å²) in [5.41, 5.74) is 5.88. The summed E-state index contributed by atoms with van der Waals surface area (Å²) in [6.07, 6.45) is 3.54. The van der Waals surface area contributed by atoms with Crippen LogP contribution in [0.15, 0.2) is 18.5 Å². The van der Waals surface area contributed by atoms with E-state index in [0.717, 1.165) is 32.1 Å². The van der Waals surface area contributed by atoms with Crippen molar-refractivity contribution in [2.45, 2.75) is 18.6 Å². The van der Waals surface area contributed by atoms with Gasteiger partial charge in [0, 0.05) is 57.7 Å². The minimum absolute atomic E-state index is 0.0450. The molecule has 0 spiro atoms. The van der Waals surface area contributed by atoms with E-state index in [0.29, 0.717) is 26.1 Å². The maximum Gasteiger partial charge on any atom is 0.236 e. The Kier molecular flexibility index (Phi) is 5.04. The molecule has 0 bridgehead atoms. The molecule has 8 heteroatoms. The minimum Gasteiger partial charge on any atom is -0.391 e. The molecule has 2 aliphatic rings.